The molecule has 0 spiro atoms. The molecule has 4 bridgehead atoms. The first-order valence-electron chi connectivity index (χ1n) is 19.8. The molecule has 0 amide bonds. The van der Waals surface area contributed by atoms with Crippen LogP contribution in [0.1, 0.15) is 102 Å². The monoisotopic (exact) mass is 678 g/mol. The van der Waals surface area contributed by atoms with Gasteiger partial charge < -0.3 is 19.3 Å². The molecule has 4 saturated carbocycles. The summed E-state index contributed by atoms with van der Waals surface area (Å²) in [5.74, 6) is 1.97. The zero-order valence-electron chi connectivity index (χ0n) is 30.5. The summed E-state index contributed by atoms with van der Waals surface area (Å²) in [6.07, 6.45) is 13.4. The number of esters is 1. The zero-order valence-corrected chi connectivity index (χ0v) is 30.5. The van der Waals surface area contributed by atoms with Crippen LogP contribution in [0.25, 0.3) is 0 Å². The van der Waals surface area contributed by atoms with E-state index in [1.54, 1.807) is 0 Å². The fourth-order valence-electron chi connectivity index (χ4n) is 13.0. The van der Waals surface area contributed by atoms with E-state index in [4.69, 9.17) is 14.2 Å². The van der Waals surface area contributed by atoms with E-state index in [9.17, 15) is 5.11 Å². The Hall–Kier alpha value is -2.73. The first-order chi connectivity index (χ1) is 24.3. The van der Waals surface area contributed by atoms with Gasteiger partial charge in [-0.3, -0.25) is 4.79 Å². The van der Waals surface area contributed by atoms with Crippen molar-refractivity contribution in [1.82, 2.24) is 0 Å². The van der Waals surface area contributed by atoms with Gasteiger partial charge in [0.2, 0.25) is 0 Å². The Bertz CT molecular complexity index is 1520. The maximum absolute atomic E-state index is 16.2. The molecule has 0 aromatic heterocycles. The van der Waals surface area contributed by atoms with Gasteiger partial charge in [0.05, 0.1) is 19.3 Å². The van der Waals surface area contributed by atoms with Crippen LogP contribution in [0.2, 0.25) is 0 Å². The summed E-state index contributed by atoms with van der Waals surface area (Å²) < 4.78 is 20.4. The molecule has 5 fully saturated rings. The van der Waals surface area contributed by atoms with Crippen molar-refractivity contribution in [3.05, 3.63) is 96.1 Å². The van der Waals surface area contributed by atoms with E-state index in [2.05, 4.69) is 63.8 Å². The lowest BCUT2D eigenvalue weighted by molar-refractivity contribution is -0.255. The number of hydrogen-bond acceptors (Lipinski definition) is 5. The fraction of sp³-hybridized carbons (Fsp3) is 0.622. The summed E-state index contributed by atoms with van der Waals surface area (Å²) in [6.45, 7) is 12.2. The number of aliphatic hydroxyl groups is 1. The molecule has 1 N–H and O–H groups in total. The van der Waals surface area contributed by atoms with E-state index in [-0.39, 0.29) is 29.6 Å². The lowest BCUT2D eigenvalue weighted by Gasteiger charge is -2.63. The predicted molar refractivity (Wildman–Crippen MR) is 196 cm³/mol. The molecule has 50 heavy (non-hydrogen) atoms. The van der Waals surface area contributed by atoms with E-state index in [0.717, 1.165) is 48.8 Å². The minimum atomic E-state index is -1.08. The number of carbonyl (C=O) groups is 1. The molecule has 1 heterocycles. The summed E-state index contributed by atoms with van der Waals surface area (Å²) in [6, 6.07) is 20.3. The predicted octanol–water partition coefficient (Wildman–Crippen LogP) is 9.47. The van der Waals surface area contributed by atoms with Crippen LogP contribution in [0.3, 0.4) is 0 Å². The van der Waals surface area contributed by atoms with Crippen LogP contribution in [0, 0.1) is 57.7 Å². The molecular formula is C45H58O5. The maximum Gasteiger partial charge on any atom is 0.318 e. The minimum Gasteiger partial charge on any atom is -0.452 e. The Morgan fingerprint density at radius 3 is 2.20 bits per heavy atom. The second-order valence-electron chi connectivity index (χ2n) is 17.3. The van der Waals surface area contributed by atoms with Gasteiger partial charge in [0.1, 0.15) is 5.41 Å². The quantitative estimate of drug-likeness (QED) is 0.179. The normalized spacial score (nSPS) is 36.2. The molecule has 0 radical (unpaired) electrons. The molecule has 6 aliphatic rings. The zero-order chi connectivity index (χ0) is 34.7. The summed E-state index contributed by atoms with van der Waals surface area (Å²) in [4.78, 5) is 16.2. The average molecular weight is 679 g/mol. The van der Waals surface area contributed by atoms with Gasteiger partial charge in [-0.2, -0.15) is 0 Å². The summed E-state index contributed by atoms with van der Waals surface area (Å²) >= 11 is 0. The van der Waals surface area contributed by atoms with Crippen molar-refractivity contribution in [2.45, 2.75) is 103 Å². The van der Waals surface area contributed by atoms with E-state index < -0.39 is 34.7 Å². The maximum atomic E-state index is 16.2. The smallest absolute Gasteiger partial charge is 0.318 e. The number of fused-ring (bicyclic) bond motifs is 2. The van der Waals surface area contributed by atoms with Crippen LogP contribution in [0.4, 0.5) is 0 Å². The van der Waals surface area contributed by atoms with E-state index >= 15 is 4.79 Å². The van der Waals surface area contributed by atoms with Crippen LogP contribution >= 0.6 is 0 Å². The molecule has 8 rings (SSSR count). The highest BCUT2D eigenvalue weighted by molar-refractivity contribution is 5.87. The molecular weight excluding hydrogens is 620 g/mol. The lowest BCUT2D eigenvalue weighted by Crippen LogP contribution is -2.68. The number of benzene rings is 2. The second kappa shape index (κ2) is 13.4. The number of hydrogen-bond donors (Lipinski definition) is 1. The third-order valence-electron chi connectivity index (χ3n) is 14.8. The molecule has 9 atom stereocenters. The van der Waals surface area contributed by atoms with Crippen molar-refractivity contribution in [3.63, 3.8) is 0 Å². The van der Waals surface area contributed by atoms with Gasteiger partial charge >= 0.3 is 5.97 Å². The summed E-state index contributed by atoms with van der Waals surface area (Å²) in [5, 5.41) is 13.2. The van der Waals surface area contributed by atoms with Gasteiger partial charge in [-0.05, 0) is 84.7 Å². The highest BCUT2D eigenvalue weighted by Crippen LogP contribution is 2.85. The van der Waals surface area contributed by atoms with E-state index in [0.29, 0.717) is 37.4 Å². The fourth-order valence-corrected chi connectivity index (χ4v) is 13.0. The Morgan fingerprint density at radius 1 is 0.960 bits per heavy atom. The van der Waals surface area contributed by atoms with Gasteiger partial charge in [0.15, 0.2) is 12.4 Å². The van der Waals surface area contributed by atoms with Crippen molar-refractivity contribution in [1.29, 1.82) is 0 Å². The van der Waals surface area contributed by atoms with Crippen LogP contribution in [0.15, 0.2) is 85.0 Å². The number of carbonyl (C=O) groups excluding carboxylic acids is 1. The van der Waals surface area contributed by atoms with Gasteiger partial charge in [0, 0.05) is 10.8 Å². The molecule has 2 aromatic rings. The van der Waals surface area contributed by atoms with Crippen LogP contribution in [-0.4, -0.2) is 36.7 Å². The Morgan fingerprint density at radius 2 is 1.60 bits per heavy atom. The van der Waals surface area contributed by atoms with Crippen molar-refractivity contribution in [3.8, 4) is 0 Å². The molecule has 5 nitrogen and oxygen atoms in total. The Balaban J connectivity index is 1.31. The van der Waals surface area contributed by atoms with Crippen molar-refractivity contribution >= 4 is 5.97 Å². The van der Waals surface area contributed by atoms with Gasteiger partial charge in [-0.1, -0.05) is 131 Å². The lowest BCUT2D eigenvalue weighted by atomic mass is 9.40. The van der Waals surface area contributed by atoms with Crippen LogP contribution < -0.4 is 0 Å². The minimum absolute atomic E-state index is 0.0388. The standard InChI is InChI=1S/C45H58O5/c1-5-31(24-32-14-12-13-15-32)25-39(46)43-28-36-30(4)20-21-37(36)44(42-48-22-23-49-42)27-35(43)26-38(29(2)3)45(43,44)41(47)50-40(33-16-8-6-9-17-33)34-18-10-7-11-19-34/h5-11,16-19,26,29-32,35-37,39-40,42,46H,1,12-15,20-25,27-28H2,2-4H3/t30-,31?,35?,36-,37-,39?,43?,44?,45?/m1/s1. The topological polar surface area (TPSA) is 65.0 Å². The highest BCUT2D eigenvalue weighted by Gasteiger charge is 2.88. The number of allylic oxidation sites excluding steroid dienone is 2. The van der Waals surface area contributed by atoms with Crippen molar-refractivity contribution in [2.24, 2.45) is 57.7 Å². The summed E-state index contributed by atoms with van der Waals surface area (Å²) in [5.41, 5.74) is 0.613. The van der Waals surface area contributed by atoms with Gasteiger partial charge in [-0.25, -0.2) is 0 Å². The first-order valence-corrected chi connectivity index (χ1v) is 19.8. The number of aliphatic hydroxyl groups excluding tert-OH is 1. The first kappa shape index (κ1) is 34.4. The number of ether oxygens (including phenoxy) is 3. The van der Waals surface area contributed by atoms with E-state index in [1.165, 1.54) is 25.7 Å². The molecule has 6 unspecified atom stereocenters. The third kappa shape index (κ3) is 4.92. The van der Waals surface area contributed by atoms with Crippen molar-refractivity contribution < 1.29 is 24.1 Å². The van der Waals surface area contributed by atoms with E-state index in [1.807, 2.05) is 36.4 Å². The van der Waals surface area contributed by atoms with Crippen LogP contribution in [-0.2, 0) is 19.0 Å². The average Bonchev–Trinajstić information content (AvgIpc) is 3.98. The second-order valence-corrected chi connectivity index (χ2v) is 17.3. The van der Waals surface area contributed by atoms with Crippen LogP contribution in [0.5, 0.6) is 0 Å². The summed E-state index contributed by atoms with van der Waals surface area (Å²) in [7, 11) is 0. The third-order valence-corrected chi connectivity index (χ3v) is 14.8. The van der Waals surface area contributed by atoms with Gasteiger partial charge in [0.25, 0.3) is 0 Å². The Kier molecular flexibility index (Phi) is 9.18. The molecule has 5 aliphatic carbocycles. The molecule has 1 aliphatic heterocycles. The molecule has 268 valence electrons. The SMILES string of the molecule is C=CC(CC1CCCC1)CC(O)C12C[C@@H]3[C@H](C)CC[C@H]3C3(C4OCCO4)CC1C=C(C(C)C)C23C(=O)OC(c1ccccc1)c1ccccc1. The highest BCUT2D eigenvalue weighted by atomic mass is 16.7. The largest absolute Gasteiger partial charge is 0.452 e. The molecule has 2 aromatic carbocycles. The Labute approximate surface area is 299 Å². The molecule has 1 saturated heterocycles. The molecule has 5 heteroatoms. The number of rotatable bonds is 12. The van der Waals surface area contributed by atoms with Crippen molar-refractivity contribution in [2.75, 3.05) is 13.2 Å². The van der Waals surface area contributed by atoms with Gasteiger partial charge in [-0.15, -0.1) is 6.58 Å².